The molecule has 3 aromatic carbocycles. The number of benzene rings is 3. The second kappa shape index (κ2) is 13.9. The molecule has 0 heterocycles. The Kier molecular flexibility index (Phi) is 10.8. The van der Waals surface area contributed by atoms with Crippen LogP contribution in [0, 0.1) is 11.3 Å². The average molecular weight is 592 g/mol. The predicted molar refractivity (Wildman–Crippen MR) is 146 cm³/mol. The molecular weight excluding hydrogens is 560 g/mol. The van der Waals surface area contributed by atoms with Crippen LogP contribution in [0.4, 0.5) is 26.3 Å². The Hall–Kier alpha value is -3.88. The molecule has 0 aliphatic heterocycles. The summed E-state index contributed by atoms with van der Waals surface area (Å²) in [4.78, 5) is 13.1. The van der Waals surface area contributed by atoms with Crippen molar-refractivity contribution in [1.29, 1.82) is 5.26 Å². The maximum atomic E-state index is 14.7. The van der Waals surface area contributed by atoms with Crippen molar-refractivity contribution in [2.75, 3.05) is 0 Å². The molecule has 0 unspecified atom stereocenters. The maximum Gasteiger partial charge on any atom is 0.407 e. The first-order valence-corrected chi connectivity index (χ1v) is 13.1. The predicted octanol–water partition coefficient (Wildman–Crippen LogP) is 6.60. The van der Waals surface area contributed by atoms with Crippen LogP contribution in [0.5, 0.6) is 0 Å². The molecule has 4 atom stereocenters. The average Bonchev–Trinajstić information content (AvgIpc) is 2.94. The highest BCUT2D eigenvalue weighted by atomic mass is 19.4. The number of nitriles is 1. The molecule has 5 nitrogen and oxygen atoms in total. The summed E-state index contributed by atoms with van der Waals surface area (Å²) in [5.74, 6) is -0.944. The van der Waals surface area contributed by atoms with Crippen molar-refractivity contribution in [3.63, 3.8) is 0 Å². The molecule has 0 spiro atoms. The van der Waals surface area contributed by atoms with E-state index in [2.05, 4.69) is 10.6 Å². The lowest BCUT2D eigenvalue weighted by molar-refractivity contribution is -0.161. The highest BCUT2D eigenvalue weighted by Gasteiger charge is 2.44. The number of amides is 1. The third-order valence-electron chi connectivity index (χ3n) is 6.52. The zero-order valence-corrected chi connectivity index (χ0v) is 22.9. The van der Waals surface area contributed by atoms with E-state index in [0.717, 1.165) is 19.4 Å². The van der Waals surface area contributed by atoms with E-state index in [-0.39, 0.29) is 17.5 Å². The molecule has 0 aliphatic carbocycles. The highest BCUT2D eigenvalue weighted by Crippen LogP contribution is 2.35. The van der Waals surface area contributed by atoms with Gasteiger partial charge in [0.1, 0.15) is 23.9 Å². The van der Waals surface area contributed by atoms with Gasteiger partial charge in [-0.05, 0) is 41.7 Å². The number of halogens is 6. The van der Waals surface area contributed by atoms with Crippen LogP contribution in [0.15, 0.2) is 78.9 Å². The lowest BCUT2D eigenvalue weighted by Gasteiger charge is -2.30. The van der Waals surface area contributed by atoms with Gasteiger partial charge in [-0.25, -0.2) is 13.2 Å². The Morgan fingerprint density at radius 1 is 0.881 bits per heavy atom. The fraction of sp³-hybridized carbons (Fsp3) is 0.355. The van der Waals surface area contributed by atoms with Gasteiger partial charge in [0.2, 0.25) is 5.91 Å². The van der Waals surface area contributed by atoms with E-state index in [1.54, 1.807) is 30.3 Å². The van der Waals surface area contributed by atoms with Gasteiger partial charge in [-0.3, -0.25) is 10.1 Å². The van der Waals surface area contributed by atoms with Crippen LogP contribution in [-0.2, 0) is 11.2 Å². The monoisotopic (exact) mass is 591 g/mol. The van der Waals surface area contributed by atoms with Gasteiger partial charge in [0.05, 0.1) is 12.1 Å². The molecule has 3 rings (SSSR count). The van der Waals surface area contributed by atoms with E-state index >= 15 is 0 Å². The van der Waals surface area contributed by atoms with Gasteiger partial charge in [0.15, 0.2) is 0 Å². The van der Waals surface area contributed by atoms with E-state index in [0.29, 0.717) is 11.1 Å². The highest BCUT2D eigenvalue weighted by molar-refractivity contribution is 5.82. The Morgan fingerprint density at radius 3 is 1.86 bits per heavy atom. The molecule has 0 radical (unpaired) electrons. The van der Waals surface area contributed by atoms with Crippen molar-refractivity contribution in [3.05, 3.63) is 95.6 Å². The number of rotatable bonds is 12. The lowest BCUT2D eigenvalue weighted by atomic mass is 9.95. The number of nitrogens with one attached hydrogen (secondary N) is 2. The third-order valence-corrected chi connectivity index (χ3v) is 6.52. The van der Waals surface area contributed by atoms with Crippen LogP contribution in [0.2, 0.25) is 0 Å². The number of hydrogen-bond acceptors (Lipinski definition) is 4. The first kappa shape index (κ1) is 32.6. The van der Waals surface area contributed by atoms with Crippen molar-refractivity contribution >= 4 is 5.91 Å². The van der Waals surface area contributed by atoms with Crippen molar-refractivity contribution < 1.29 is 36.2 Å². The van der Waals surface area contributed by atoms with Gasteiger partial charge in [-0.1, -0.05) is 78.9 Å². The summed E-state index contributed by atoms with van der Waals surface area (Å²) in [5.41, 5.74) is -0.537. The minimum atomic E-state index is -4.87. The second-order valence-corrected chi connectivity index (χ2v) is 10.5. The van der Waals surface area contributed by atoms with Crippen LogP contribution >= 0.6 is 0 Å². The Bertz CT molecular complexity index is 1330. The molecule has 11 heteroatoms. The summed E-state index contributed by atoms with van der Waals surface area (Å²) in [6, 6.07) is 16.3. The fourth-order valence-corrected chi connectivity index (χ4v) is 4.43. The number of nitrogens with zero attached hydrogens (tertiary/aromatic N) is 1. The van der Waals surface area contributed by atoms with Crippen molar-refractivity contribution in [1.82, 2.24) is 10.6 Å². The quantitative estimate of drug-likeness (QED) is 0.207. The van der Waals surface area contributed by atoms with E-state index in [1.807, 2.05) is 6.07 Å². The minimum Gasteiger partial charge on any atom is -0.382 e. The third kappa shape index (κ3) is 9.33. The zero-order chi connectivity index (χ0) is 31.1. The first-order chi connectivity index (χ1) is 19.7. The number of hydrogen-bond donors (Lipinski definition) is 3. The molecular formula is C31H31F6N3O2. The molecule has 0 aromatic heterocycles. The summed E-state index contributed by atoms with van der Waals surface area (Å²) < 4.78 is 82.9. The molecule has 3 N–H and O–H groups in total. The summed E-state index contributed by atoms with van der Waals surface area (Å²) in [7, 11) is 0. The van der Waals surface area contributed by atoms with Gasteiger partial charge in [-0.15, -0.1) is 0 Å². The Balaban J connectivity index is 1.83. The molecule has 0 bridgehead atoms. The van der Waals surface area contributed by atoms with Gasteiger partial charge in [0, 0.05) is 12.8 Å². The molecule has 0 saturated heterocycles. The number of aliphatic hydroxyl groups excluding tert-OH is 1. The van der Waals surface area contributed by atoms with Gasteiger partial charge >= 0.3 is 6.18 Å². The van der Waals surface area contributed by atoms with Gasteiger partial charge < -0.3 is 10.4 Å². The van der Waals surface area contributed by atoms with Crippen molar-refractivity contribution in [3.8, 4) is 17.2 Å². The Morgan fingerprint density at radius 2 is 1.40 bits per heavy atom. The molecule has 0 aliphatic rings. The van der Waals surface area contributed by atoms with E-state index in [4.69, 9.17) is 0 Å². The number of alkyl halides is 6. The number of carbonyl (C=O) groups is 1. The molecule has 224 valence electrons. The largest absolute Gasteiger partial charge is 0.407 e. The van der Waals surface area contributed by atoms with E-state index in [1.165, 1.54) is 48.5 Å². The van der Waals surface area contributed by atoms with Crippen LogP contribution < -0.4 is 10.6 Å². The molecule has 3 aromatic rings. The summed E-state index contributed by atoms with van der Waals surface area (Å²) in [5, 5.41) is 23.8. The first-order valence-electron chi connectivity index (χ1n) is 13.1. The minimum absolute atomic E-state index is 0.00535. The van der Waals surface area contributed by atoms with E-state index in [9.17, 15) is 41.5 Å². The topological polar surface area (TPSA) is 85.2 Å². The fourth-order valence-electron chi connectivity index (χ4n) is 4.43. The van der Waals surface area contributed by atoms with Crippen LogP contribution in [0.1, 0.15) is 49.1 Å². The second-order valence-electron chi connectivity index (χ2n) is 10.5. The standard InChI is InChI=1S/C31H31F6N3O2/c1-30(2,34)17-25(29(42)39-24(18-38)16-19-6-4-3-5-7-19)40-27(31(35,36)37)23-14-10-21(11-15-23)20-8-12-22(13-9-20)26(41)28(32)33/h3-15,24-28,40-41H,16-17H2,1-2H3,(H,39,42)/t24-,25-,26+,27-/m0/s1. The molecule has 1 amide bonds. The van der Waals surface area contributed by atoms with Crippen LogP contribution in [0.25, 0.3) is 11.1 Å². The molecule has 42 heavy (non-hydrogen) atoms. The van der Waals surface area contributed by atoms with Gasteiger partial charge in [-0.2, -0.15) is 18.4 Å². The zero-order valence-electron chi connectivity index (χ0n) is 22.9. The Labute approximate surface area is 240 Å². The van der Waals surface area contributed by atoms with E-state index < -0.39 is 54.8 Å². The van der Waals surface area contributed by atoms with Crippen molar-refractivity contribution in [2.24, 2.45) is 0 Å². The van der Waals surface area contributed by atoms with Crippen molar-refractivity contribution in [2.45, 2.75) is 69.2 Å². The summed E-state index contributed by atoms with van der Waals surface area (Å²) in [6.45, 7) is 2.29. The maximum absolute atomic E-state index is 14.7. The SMILES string of the molecule is CC(C)(F)C[C@H](N[C@@H](c1ccc(-c2ccc([C@@H](O)C(F)F)cc2)cc1)C(F)(F)F)C(=O)N[C@H](C#N)Cc1ccccc1. The summed E-state index contributed by atoms with van der Waals surface area (Å²) >= 11 is 0. The smallest absolute Gasteiger partial charge is 0.382 e. The summed E-state index contributed by atoms with van der Waals surface area (Å²) in [6.07, 6.45) is -10.3. The normalized spacial score (nSPS) is 15.0. The number of aliphatic hydroxyl groups is 1. The van der Waals surface area contributed by atoms with Crippen LogP contribution in [0.3, 0.4) is 0 Å². The number of carbonyl (C=O) groups excluding carboxylic acids is 1. The lowest BCUT2D eigenvalue weighted by Crippen LogP contribution is -2.53. The molecule has 0 saturated carbocycles. The van der Waals surface area contributed by atoms with Gasteiger partial charge in [0.25, 0.3) is 6.43 Å². The van der Waals surface area contributed by atoms with Crippen LogP contribution in [-0.4, -0.2) is 41.4 Å². The molecule has 0 fully saturated rings.